The molecule has 0 N–H and O–H groups in total. The van der Waals surface area contributed by atoms with E-state index in [0.29, 0.717) is 44.0 Å². The van der Waals surface area contributed by atoms with Crippen LogP contribution in [0.3, 0.4) is 0 Å². The molecule has 1 rings (SSSR count). The third kappa shape index (κ3) is 8.33. The molecular weight excluding hydrogens is 346 g/mol. The zero-order chi connectivity index (χ0) is 20.1. The summed E-state index contributed by atoms with van der Waals surface area (Å²) in [5, 5.41) is 0. The fourth-order valence-electron chi connectivity index (χ4n) is 2.82. The van der Waals surface area contributed by atoms with Crippen molar-refractivity contribution in [3.8, 4) is 11.5 Å². The first-order chi connectivity index (χ1) is 13.0. The van der Waals surface area contributed by atoms with Crippen LogP contribution in [0.25, 0.3) is 0 Å². The van der Waals surface area contributed by atoms with Crippen LogP contribution in [0.5, 0.6) is 11.5 Å². The van der Waals surface area contributed by atoms with E-state index in [0.717, 1.165) is 24.8 Å². The van der Waals surface area contributed by atoms with Crippen LogP contribution in [0.2, 0.25) is 0 Å². The smallest absolute Gasteiger partial charge is 0.307 e. The molecule has 0 aliphatic carbocycles. The van der Waals surface area contributed by atoms with E-state index >= 15 is 0 Å². The molecule has 0 bridgehead atoms. The predicted octanol–water partition coefficient (Wildman–Crippen LogP) is 3.61. The highest BCUT2D eigenvalue weighted by atomic mass is 16.5. The Bertz CT molecular complexity index is 588. The molecule has 0 spiro atoms. The summed E-state index contributed by atoms with van der Waals surface area (Å²) >= 11 is 0. The van der Waals surface area contributed by atoms with Gasteiger partial charge in [0.05, 0.1) is 27.2 Å². The molecule has 0 aromatic heterocycles. The van der Waals surface area contributed by atoms with Crippen molar-refractivity contribution in [1.29, 1.82) is 0 Å². The lowest BCUT2D eigenvalue weighted by Crippen LogP contribution is -2.34. The maximum Gasteiger partial charge on any atom is 0.307 e. The second kappa shape index (κ2) is 13.0. The van der Waals surface area contributed by atoms with Crippen molar-refractivity contribution >= 4 is 11.9 Å². The molecule has 0 aliphatic heterocycles. The summed E-state index contributed by atoms with van der Waals surface area (Å²) in [6.45, 7) is 5.36. The van der Waals surface area contributed by atoms with Gasteiger partial charge in [-0.2, -0.15) is 0 Å². The van der Waals surface area contributed by atoms with E-state index in [2.05, 4.69) is 6.92 Å². The summed E-state index contributed by atoms with van der Waals surface area (Å²) in [6.07, 6.45) is 4.35. The minimum atomic E-state index is -0.259. The Morgan fingerprint density at radius 1 is 0.963 bits per heavy atom. The minimum absolute atomic E-state index is 0.0604. The fraction of sp³-hybridized carbons (Fsp3) is 0.619. The van der Waals surface area contributed by atoms with Crippen molar-refractivity contribution in [3.63, 3.8) is 0 Å². The Morgan fingerprint density at radius 3 is 2.33 bits per heavy atom. The van der Waals surface area contributed by atoms with Crippen molar-refractivity contribution < 1.29 is 23.8 Å². The van der Waals surface area contributed by atoms with Gasteiger partial charge in [-0.15, -0.1) is 0 Å². The second-order valence-corrected chi connectivity index (χ2v) is 6.33. The average Bonchev–Trinajstić information content (AvgIpc) is 2.68. The van der Waals surface area contributed by atoms with Gasteiger partial charge >= 0.3 is 5.97 Å². The van der Waals surface area contributed by atoms with E-state index < -0.39 is 0 Å². The molecule has 1 amide bonds. The van der Waals surface area contributed by atoms with E-state index in [1.165, 1.54) is 0 Å². The van der Waals surface area contributed by atoms with Gasteiger partial charge in [-0.3, -0.25) is 9.59 Å². The maximum atomic E-state index is 12.7. The van der Waals surface area contributed by atoms with Crippen LogP contribution < -0.4 is 9.47 Å². The molecule has 6 heteroatoms. The molecule has 0 atom stereocenters. The second-order valence-electron chi connectivity index (χ2n) is 6.33. The number of hydrogen-bond donors (Lipinski definition) is 0. The van der Waals surface area contributed by atoms with Gasteiger partial charge in [-0.05, 0) is 37.5 Å². The zero-order valence-corrected chi connectivity index (χ0v) is 17.1. The average molecular weight is 379 g/mol. The van der Waals surface area contributed by atoms with E-state index in [4.69, 9.17) is 14.2 Å². The summed E-state index contributed by atoms with van der Waals surface area (Å²) in [7, 11) is 3.19. The number of aryl methyl sites for hydroxylation is 1. The molecule has 1 aromatic carbocycles. The molecule has 0 radical (unpaired) electrons. The van der Waals surface area contributed by atoms with Crippen LogP contribution in [0.4, 0.5) is 0 Å². The van der Waals surface area contributed by atoms with Crippen molar-refractivity contribution in [3.05, 3.63) is 23.8 Å². The number of methoxy groups -OCH3 is 2. The first-order valence-corrected chi connectivity index (χ1v) is 9.69. The lowest BCUT2D eigenvalue weighted by Gasteiger charge is -2.22. The van der Waals surface area contributed by atoms with Gasteiger partial charge in [0.2, 0.25) is 5.91 Å². The molecule has 152 valence electrons. The molecule has 0 unspecified atom stereocenters. The van der Waals surface area contributed by atoms with Gasteiger partial charge in [-0.25, -0.2) is 0 Å². The summed E-state index contributed by atoms with van der Waals surface area (Å²) in [5.41, 5.74) is 1.01. The van der Waals surface area contributed by atoms with Crippen LogP contribution in [0.1, 0.15) is 51.5 Å². The quantitative estimate of drug-likeness (QED) is 0.387. The number of carbonyl (C=O) groups excluding carboxylic acids is 2. The van der Waals surface area contributed by atoms with Crippen molar-refractivity contribution in [1.82, 2.24) is 4.90 Å². The highest BCUT2D eigenvalue weighted by Crippen LogP contribution is 2.28. The Kier molecular flexibility index (Phi) is 11.0. The topological polar surface area (TPSA) is 65.1 Å². The highest BCUT2D eigenvalue weighted by Gasteiger charge is 2.16. The lowest BCUT2D eigenvalue weighted by molar-refractivity contribution is -0.144. The molecule has 6 nitrogen and oxygen atoms in total. The molecule has 0 saturated heterocycles. The van der Waals surface area contributed by atoms with Crippen molar-refractivity contribution in [2.24, 2.45) is 0 Å². The molecule has 27 heavy (non-hydrogen) atoms. The maximum absolute atomic E-state index is 12.7. The number of nitrogens with zero attached hydrogens (tertiary/aromatic N) is 1. The first kappa shape index (κ1) is 22.8. The van der Waals surface area contributed by atoms with Gasteiger partial charge in [0.1, 0.15) is 0 Å². The van der Waals surface area contributed by atoms with Crippen LogP contribution in [-0.4, -0.2) is 50.7 Å². The molecule has 0 fully saturated rings. The van der Waals surface area contributed by atoms with Gasteiger partial charge in [0.15, 0.2) is 11.5 Å². The standard InChI is InChI=1S/C21H33NO5/c1-5-7-8-14-22(15-13-21(24)27-6-2)20(23)12-10-17-9-11-18(25-3)19(16-17)26-4/h9,11,16H,5-8,10,12-15H2,1-4H3. The van der Waals surface area contributed by atoms with Crippen molar-refractivity contribution in [2.45, 2.75) is 52.4 Å². The molecular formula is C21H33NO5. The summed E-state index contributed by atoms with van der Waals surface area (Å²) in [6, 6.07) is 5.68. The lowest BCUT2D eigenvalue weighted by atomic mass is 10.1. The highest BCUT2D eigenvalue weighted by molar-refractivity contribution is 5.77. The Morgan fingerprint density at radius 2 is 1.70 bits per heavy atom. The number of amides is 1. The number of rotatable bonds is 13. The Hall–Kier alpha value is -2.24. The van der Waals surface area contributed by atoms with Crippen LogP contribution in [-0.2, 0) is 20.7 Å². The SMILES string of the molecule is CCCCCN(CCC(=O)OCC)C(=O)CCc1ccc(OC)c(OC)c1. The molecule has 0 aliphatic rings. The Labute approximate surface area is 162 Å². The minimum Gasteiger partial charge on any atom is -0.493 e. The van der Waals surface area contributed by atoms with E-state index in [1.807, 2.05) is 18.2 Å². The monoisotopic (exact) mass is 379 g/mol. The fourth-order valence-corrected chi connectivity index (χ4v) is 2.82. The summed E-state index contributed by atoms with van der Waals surface area (Å²) in [5.74, 6) is 1.13. The zero-order valence-electron chi connectivity index (χ0n) is 17.1. The number of unbranched alkanes of at least 4 members (excludes halogenated alkanes) is 2. The summed E-state index contributed by atoms with van der Waals surface area (Å²) in [4.78, 5) is 26.1. The summed E-state index contributed by atoms with van der Waals surface area (Å²) < 4.78 is 15.5. The largest absolute Gasteiger partial charge is 0.493 e. The number of hydrogen-bond acceptors (Lipinski definition) is 5. The first-order valence-electron chi connectivity index (χ1n) is 9.69. The third-order valence-electron chi connectivity index (χ3n) is 4.35. The predicted molar refractivity (Wildman–Crippen MR) is 105 cm³/mol. The molecule has 1 aromatic rings. The third-order valence-corrected chi connectivity index (χ3v) is 4.35. The Balaban J connectivity index is 2.64. The van der Waals surface area contributed by atoms with Crippen LogP contribution in [0, 0.1) is 0 Å². The molecule has 0 heterocycles. The van der Waals surface area contributed by atoms with Gasteiger partial charge in [-0.1, -0.05) is 25.8 Å². The number of benzene rings is 1. The van der Waals surface area contributed by atoms with Crippen LogP contribution in [0.15, 0.2) is 18.2 Å². The van der Waals surface area contributed by atoms with E-state index in [1.54, 1.807) is 26.0 Å². The van der Waals surface area contributed by atoms with Gasteiger partial charge < -0.3 is 19.1 Å². The number of esters is 1. The van der Waals surface area contributed by atoms with Gasteiger partial charge in [0.25, 0.3) is 0 Å². The molecule has 0 saturated carbocycles. The van der Waals surface area contributed by atoms with Crippen LogP contribution >= 0.6 is 0 Å². The number of ether oxygens (including phenoxy) is 3. The number of carbonyl (C=O) groups is 2. The van der Waals surface area contributed by atoms with E-state index in [9.17, 15) is 9.59 Å². The van der Waals surface area contributed by atoms with Crippen molar-refractivity contribution in [2.75, 3.05) is 33.9 Å². The normalized spacial score (nSPS) is 10.4. The van der Waals surface area contributed by atoms with E-state index in [-0.39, 0.29) is 18.3 Å². The van der Waals surface area contributed by atoms with Gasteiger partial charge in [0, 0.05) is 19.5 Å².